The van der Waals surface area contributed by atoms with E-state index in [-0.39, 0.29) is 34.5 Å². The molecule has 1 aromatic carbocycles. The summed E-state index contributed by atoms with van der Waals surface area (Å²) in [6, 6.07) is 4.38. The lowest BCUT2D eigenvalue weighted by Crippen LogP contribution is -2.32. The fourth-order valence-corrected chi connectivity index (χ4v) is 4.51. The maximum atomic E-state index is 14.6. The number of nitrogens with zero attached hydrogens (tertiary/aromatic N) is 3. The maximum Gasteiger partial charge on any atom is 0.407 e. The molecular formula is C23H30ClFN4O5S. The van der Waals surface area contributed by atoms with Crippen molar-refractivity contribution in [2.24, 2.45) is 0 Å². The molecule has 0 radical (unpaired) electrons. The first-order valence-electron chi connectivity index (χ1n) is 10.7. The topological polar surface area (TPSA) is 111 Å². The number of alkyl carbamates (subject to hydrolysis) is 1. The number of allylic oxidation sites excluding steroid dienone is 1. The van der Waals surface area contributed by atoms with Crippen molar-refractivity contribution in [3.8, 4) is 11.1 Å². The van der Waals surface area contributed by atoms with Crippen LogP contribution in [0.3, 0.4) is 0 Å². The number of rotatable bonds is 8. The number of carbonyl (C=O) groups is 2. The van der Waals surface area contributed by atoms with Gasteiger partial charge in [0.25, 0.3) is 0 Å². The summed E-state index contributed by atoms with van der Waals surface area (Å²) in [6.07, 6.45) is 0.492. The zero-order valence-corrected chi connectivity index (χ0v) is 22.3. The lowest BCUT2D eigenvalue weighted by molar-refractivity contribution is 0.0533. The lowest BCUT2D eigenvalue weighted by atomic mass is 10.0. The molecule has 0 saturated heterocycles. The molecule has 192 valence electrons. The fourth-order valence-electron chi connectivity index (χ4n) is 3.11. The number of hydrogen-bond donors (Lipinski definition) is 1. The third-order valence-corrected chi connectivity index (χ3v) is 7.08. The second-order valence-electron chi connectivity index (χ2n) is 8.99. The van der Waals surface area contributed by atoms with E-state index in [0.29, 0.717) is 16.8 Å². The number of Topliss-reactive ketones (excluding diaryl/α,β-unsaturated/α-hetero) is 1. The number of halogens is 2. The standard InChI is InChI=1S/C23H30ClFN4O5S/c1-14-20(16-8-9-18(24)19(12-16)35(32,33)28(6)7)21(15(2)30)27-29(14)13-17(25)10-11-26-22(31)34-23(3,4)5/h8-10,12H,11,13H2,1-7H3,(H,26,31)/b17-10-. The first-order chi connectivity index (χ1) is 16.0. The number of amides is 1. The molecule has 0 aliphatic carbocycles. The van der Waals surface area contributed by atoms with E-state index in [1.54, 1.807) is 33.8 Å². The molecule has 0 atom stereocenters. The summed E-state index contributed by atoms with van der Waals surface area (Å²) in [5.41, 5.74) is 0.627. The zero-order valence-electron chi connectivity index (χ0n) is 20.8. The Morgan fingerprint density at radius 2 is 1.91 bits per heavy atom. The summed E-state index contributed by atoms with van der Waals surface area (Å²) in [4.78, 5) is 23.9. The average Bonchev–Trinajstić information content (AvgIpc) is 3.03. The zero-order chi connectivity index (χ0) is 26.7. The number of hydrogen-bond acceptors (Lipinski definition) is 6. The van der Waals surface area contributed by atoms with Gasteiger partial charge in [0.2, 0.25) is 10.0 Å². The summed E-state index contributed by atoms with van der Waals surface area (Å²) in [6.45, 7) is 7.72. The number of aromatic nitrogens is 2. The molecule has 2 rings (SSSR count). The van der Waals surface area contributed by atoms with Gasteiger partial charge in [0, 0.05) is 38.8 Å². The summed E-state index contributed by atoms with van der Waals surface area (Å²) < 4.78 is 47.4. The highest BCUT2D eigenvalue weighted by atomic mass is 35.5. The van der Waals surface area contributed by atoms with Crippen LogP contribution in [0.25, 0.3) is 11.1 Å². The smallest absolute Gasteiger partial charge is 0.407 e. The number of carbonyl (C=O) groups excluding carboxylic acids is 2. The Labute approximate surface area is 209 Å². The van der Waals surface area contributed by atoms with Crippen molar-refractivity contribution in [3.05, 3.63) is 46.5 Å². The minimum absolute atomic E-state index is 0.0309. The van der Waals surface area contributed by atoms with Crippen molar-refractivity contribution in [3.63, 3.8) is 0 Å². The number of nitrogens with one attached hydrogen (secondary N) is 1. The normalized spacial score (nSPS) is 12.7. The second-order valence-corrected chi connectivity index (χ2v) is 11.5. The van der Waals surface area contributed by atoms with Crippen LogP contribution in [0.5, 0.6) is 0 Å². The predicted molar refractivity (Wildman–Crippen MR) is 132 cm³/mol. The summed E-state index contributed by atoms with van der Waals surface area (Å²) in [5.74, 6) is -0.968. The Bertz CT molecular complexity index is 1260. The molecule has 0 unspecified atom stereocenters. The van der Waals surface area contributed by atoms with Gasteiger partial charge < -0.3 is 10.1 Å². The van der Waals surface area contributed by atoms with Crippen LogP contribution in [0.4, 0.5) is 9.18 Å². The van der Waals surface area contributed by atoms with Crippen LogP contribution in [0.1, 0.15) is 43.9 Å². The highest BCUT2D eigenvalue weighted by Gasteiger charge is 2.25. The SMILES string of the molecule is CC(=O)c1nn(C/C(F)=C/CNC(=O)OC(C)(C)C)c(C)c1-c1ccc(Cl)c(S(=O)(=O)N(C)C)c1. The van der Waals surface area contributed by atoms with E-state index in [0.717, 1.165) is 4.31 Å². The Kier molecular flexibility index (Phi) is 8.85. The van der Waals surface area contributed by atoms with Crippen LogP contribution in [-0.2, 0) is 21.3 Å². The lowest BCUT2D eigenvalue weighted by Gasteiger charge is -2.19. The van der Waals surface area contributed by atoms with Crippen molar-refractivity contribution < 1.29 is 27.1 Å². The summed E-state index contributed by atoms with van der Waals surface area (Å²) in [5, 5.41) is 6.71. The number of sulfonamides is 1. The van der Waals surface area contributed by atoms with E-state index >= 15 is 0 Å². The first-order valence-corrected chi connectivity index (χ1v) is 12.5. The predicted octanol–water partition coefficient (Wildman–Crippen LogP) is 4.34. The van der Waals surface area contributed by atoms with E-state index in [2.05, 4.69) is 10.4 Å². The fraction of sp³-hybridized carbons (Fsp3) is 0.435. The van der Waals surface area contributed by atoms with Gasteiger partial charge in [0.05, 0.1) is 11.6 Å². The minimum atomic E-state index is -3.85. The van der Waals surface area contributed by atoms with Crippen molar-refractivity contribution in [1.29, 1.82) is 0 Å². The van der Waals surface area contributed by atoms with Crippen LogP contribution in [0, 0.1) is 6.92 Å². The van der Waals surface area contributed by atoms with Crippen molar-refractivity contribution >= 4 is 33.5 Å². The minimum Gasteiger partial charge on any atom is -0.444 e. The molecule has 0 saturated carbocycles. The molecule has 9 nitrogen and oxygen atoms in total. The van der Waals surface area contributed by atoms with E-state index in [9.17, 15) is 22.4 Å². The molecule has 0 bridgehead atoms. The third-order valence-electron chi connectivity index (χ3n) is 4.79. The third kappa shape index (κ3) is 7.12. The van der Waals surface area contributed by atoms with Gasteiger partial charge in [0.1, 0.15) is 22.0 Å². The summed E-state index contributed by atoms with van der Waals surface area (Å²) >= 11 is 6.15. The Balaban J connectivity index is 2.38. The maximum absolute atomic E-state index is 14.6. The van der Waals surface area contributed by atoms with Gasteiger partial charge in [-0.25, -0.2) is 21.9 Å². The highest BCUT2D eigenvalue weighted by Crippen LogP contribution is 2.33. The molecule has 0 spiro atoms. The van der Waals surface area contributed by atoms with Gasteiger partial charge in [-0.1, -0.05) is 17.7 Å². The molecule has 2 aromatic rings. The highest BCUT2D eigenvalue weighted by molar-refractivity contribution is 7.89. The summed E-state index contributed by atoms with van der Waals surface area (Å²) in [7, 11) is -1.08. The van der Waals surface area contributed by atoms with Gasteiger partial charge >= 0.3 is 6.09 Å². The van der Waals surface area contributed by atoms with Crippen molar-refractivity contribution in [2.75, 3.05) is 20.6 Å². The van der Waals surface area contributed by atoms with Gasteiger partial charge in [0.15, 0.2) is 5.78 Å². The Morgan fingerprint density at radius 3 is 2.46 bits per heavy atom. The molecule has 12 heteroatoms. The van der Waals surface area contributed by atoms with E-state index in [1.165, 1.54) is 43.9 Å². The molecule has 0 aliphatic heterocycles. The van der Waals surface area contributed by atoms with Gasteiger partial charge in [-0.2, -0.15) is 5.10 Å². The molecule has 1 heterocycles. The molecule has 0 aliphatic rings. The van der Waals surface area contributed by atoms with Gasteiger partial charge in [-0.05, 0) is 51.5 Å². The largest absolute Gasteiger partial charge is 0.444 e. The number of benzene rings is 1. The molecular weight excluding hydrogens is 499 g/mol. The monoisotopic (exact) mass is 528 g/mol. The average molecular weight is 529 g/mol. The van der Waals surface area contributed by atoms with Crippen molar-refractivity contribution in [1.82, 2.24) is 19.4 Å². The quantitative estimate of drug-likeness (QED) is 0.510. The van der Waals surface area contributed by atoms with Crippen LogP contribution in [0.15, 0.2) is 35.0 Å². The van der Waals surface area contributed by atoms with Gasteiger partial charge in [-0.3, -0.25) is 9.48 Å². The molecule has 0 fully saturated rings. The van der Waals surface area contributed by atoms with Crippen LogP contribution in [0.2, 0.25) is 5.02 Å². The molecule has 1 amide bonds. The van der Waals surface area contributed by atoms with Gasteiger partial charge in [-0.15, -0.1) is 0 Å². The first kappa shape index (κ1) is 28.5. The Morgan fingerprint density at radius 1 is 1.29 bits per heavy atom. The van der Waals surface area contributed by atoms with Crippen LogP contribution >= 0.6 is 11.6 Å². The molecule has 1 aromatic heterocycles. The second kappa shape index (κ2) is 10.9. The van der Waals surface area contributed by atoms with Crippen LogP contribution < -0.4 is 5.32 Å². The van der Waals surface area contributed by atoms with E-state index < -0.39 is 27.5 Å². The Hall–Kier alpha value is -2.76. The van der Waals surface area contributed by atoms with E-state index in [4.69, 9.17) is 16.3 Å². The van der Waals surface area contributed by atoms with Crippen LogP contribution in [-0.4, -0.2) is 60.6 Å². The van der Waals surface area contributed by atoms with Crippen molar-refractivity contribution in [2.45, 2.75) is 51.7 Å². The number of ketones is 1. The molecule has 35 heavy (non-hydrogen) atoms. The molecule has 1 N–H and O–H groups in total. The van der Waals surface area contributed by atoms with E-state index in [1.807, 2.05) is 0 Å². The number of ether oxygens (including phenoxy) is 1.